The molecule has 1 atom stereocenters. The van der Waals surface area contributed by atoms with Crippen LogP contribution in [0.25, 0.3) is 11.1 Å². The molecule has 0 bridgehead atoms. The number of hydrogen-bond donors (Lipinski definition) is 0. The van der Waals surface area contributed by atoms with Gasteiger partial charge in [-0.05, 0) is 25.5 Å². The Morgan fingerprint density at radius 1 is 1.08 bits per heavy atom. The average Bonchev–Trinajstić information content (AvgIpc) is 2.67. The number of carbonyl (C=O) groups excluding carboxylic acids is 2. The van der Waals surface area contributed by atoms with E-state index in [0.29, 0.717) is 19.7 Å². The van der Waals surface area contributed by atoms with Gasteiger partial charge in [-0.2, -0.15) is 0 Å². The molecule has 1 amide bonds. The van der Waals surface area contributed by atoms with Crippen LogP contribution in [-0.2, 0) is 14.3 Å². The van der Waals surface area contributed by atoms with Crippen molar-refractivity contribution in [1.29, 1.82) is 0 Å². The molecule has 0 unspecified atom stereocenters. The third-order valence-electron chi connectivity index (χ3n) is 4.70. The van der Waals surface area contributed by atoms with Crippen molar-refractivity contribution in [3.8, 4) is 11.1 Å². The third-order valence-corrected chi connectivity index (χ3v) is 4.70. The Bertz CT molecular complexity index is 776. The molecule has 1 saturated heterocycles. The van der Waals surface area contributed by atoms with E-state index in [1.807, 2.05) is 71.3 Å². The van der Waals surface area contributed by atoms with Gasteiger partial charge in [0.25, 0.3) is 0 Å². The summed E-state index contributed by atoms with van der Waals surface area (Å²) in [5.74, 6) is -0.283. The minimum absolute atomic E-state index is 0.00364. The molecule has 3 rings (SSSR count). The predicted molar refractivity (Wildman–Crippen MR) is 102 cm³/mol. The minimum Gasteiger partial charge on any atom is -0.465 e. The highest BCUT2D eigenvalue weighted by Crippen LogP contribution is 2.32. The number of ether oxygens (including phenoxy) is 1. The monoisotopic (exact) mass is 352 g/mol. The quantitative estimate of drug-likeness (QED) is 0.777. The maximum Gasteiger partial charge on any atom is 0.320 e. The van der Waals surface area contributed by atoms with Gasteiger partial charge >= 0.3 is 5.97 Å². The third kappa shape index (κ3) is 3.78. The van der Waals surface area contributed by atoms with Crippen LogP contribution in [0.4, 0.5) is 5.69 Å². The lowest BCUT2D eigenvalue weighted by Crippen LogP contribution is -2.57. The van der Waals surface area contributed by atoms with Gasteiger partial charge < -0.3 is 9.64 Å². The zero-order valence-electron chi connectivity index (χ0n) is 15.2. The smallest absolute Gasteiger partial charge is 0.320 e. The molecular weight excluding hydrogens is 328 g/mol. The van der Waals surface area contributed by atoms with Crippen molar-refractivity contribution >= 4 is 17.6 Å². The lowest BCUT2D eigenvalue weighted by atomic mass is 10.0. The average molecular weight is 352 g/mol. The molecule has 5 nitrogen and oxygen atoms in total. The fourth-order valence-corrected chi connectivity index (χ4v) is 3.31. The van der Waals surface area contributed by atoms with E-state index in [9.17, 15) is 9.59 Å². The predicted octanol–water partition coefficient (Wildman–Crippen LogP) is 2.95. The highest BCUT2D eigenvalue weighted by Gasteiger charge is 2.34. The summed E-state index contributed by atoms with van der Waals surface area (Å²) >= 11 is 0. The first kappa shape index (κ1) is 18.1. The molecule has 0 saturated carbocycles. The normalized spacial score (nSPS) is 18.0. The van der Waals surface area contributed by atoms with Gasteiger partial charge in [-0.1, -0.05) is 48.5 Å². The van der Waals surface area contributed by atoms with Crippen molar-refractivity contribution in [3.05, 3.63) is 54.6 Å². The van der Waals surface area contributed by atoms with E-state index in [4.69, 9.17) is 4.74 Å². The molecule has 0 N–H and O–H groups in total. The van der Waals surface area contributed by atoms with Crippen molar-refractivity contribution in [3.63, 3.8) is 0 Å². The van der Waals surface area contributed by atoms with E-state index in [-0.39, 0.29) is 24.5 Å². The number of piperazine rings is 1. The van der Waals surface area contributed by atoms with Gasteiger partial charge in [0.15, 0.2) is 0 Å². The zero-order chi connectivity index (χ0) is 18.5. The SMILES string of the molecule is CCOC(=O)CN1CCN(c2ccccc2-c2ccccc2)C(=O)[C@@H]1C. The second kappa shape index (κ2) is 8.15. The standard InChI is InChI=1S/C21H24N2O3/c1-3-26-20(24)15-22-13-14-23(21(25)16(22)2)19-12-8-7-11-18(19)17-9-5-4-6-10-17/h4-12,16H,3,13-15H2,1-2H3/t16-/m0/s1. The Kier molecular flexibility index (Phi) is 5.68. The van der Waals surface area contributed by atoms with Gasteiger partial charge in [-0.3, -0.25) is 14.5 Å². The Hall–Kier alpha value is -2.66. The number of esters is 1. The summed E-state index contributed by atoms with van der Waals surface area (Å²) in [5.41, 5.74) is 3.02. The first-order valence-electron chi connectivity index (χ1n) is 8.97. The summed E-state index contributed by atoms with van der Waals surface area (Å²) in [6, 6.07) is 17.6. The molecule has 1 aliphatic rings. The molecule has 2 aromatic rings. The Labute approximate surface area is 154 Å². The summed E-state index contributed by atoms with van der Waals surface area (Å²) in [6.45, 7) is 5.31. The number of nitrogens with zero attached hydrogens (tertiary/aromatic N) is 2. The second-order valence-electron chi connectivity index (χ2n) is 6.32. The number of benzene rings is 2. The summed E-state index contributed by atoms with van der Waals surface area (Å²) in [7, 11) is 0. The van der Waals surface area contributed by atoms with Gasteiger partial charge in [0, 0.05) is 18.7 Å². The molecule has 0 aromatic heterocycles. The van der Waals surface area contributed by atoms with Crippen LogP contribution in [0.1, 0.15) is 13.8 Å². The summed E-state index contributed by atoms with van der Waals surface area (Å²) in [5, 5.41) is 0. The van der Waals surface area contributed by atoms with Gasteiger partial charge in [0.1, 0.15) is 0 Å². The summed E-state index contributed by atoms with van der Waals surface area (Å²) < 4.78 is 5.01. The molecular formula is C21H24N2O3. The number of para-hydroxylation sites is 1. The first-order valence-corrected chi connectivity index (χ1v) is 8.97. The second-order valence-corrected chi connectivity index (χ2v) is 6.32. The molecule has 1 fully saturated rings. The van der Waals surface area contributed by atoms with Crippen molar-refractivity contribution in [2.24, 2.45) is 0 Å². The summed E-state index contributed by atoms with van der Waals surface area (Å²) in [4.78, 5) is 28.5. The first-order chi connectivity index (χ1) is 12.6. The molecule has 2 aromatic carbocycles. The number of rotatable bonds is 5. The highest BCUT2D eigenvalue weighted by molar-refractivity contribution is 6.01. The van der Waals surface area contributed by atoms with Crippen molar-refractivity contribution in [1.82, 2.24) is 4.90 Å². The van der Waals surface area contributed by atoms with Crippen LogP contribution >= 0.6 is 0 Å². The largest absolute Gasteiger partial charge is 0.465 e. The Morgan fingerprint density at radius 3 is 2.50 bits per heavy atom. The van der Waals surface area contributed by atoms with Gasteiger partial charge in [0.05, 0.1) is 24.9 Å². The Balaban J connectivity index is 1.82. The molecule has 5 heteroatoms. The van der Waals surface area contributed by atoms with E-state index in [1.165, 1.54) is 0 Å². The lowest BCUT2D eigenvalue weighted by molar-refractivity contribution is -0.145. The van der Waals surface area contributed by atoms with Crippen molar-refractivity contribution in [2.45, 2.75) is 19.9 Å². The lowest BCUT2D eigenvalue weighted by Gasteiger charge is -2.39. The molecule has 1 aliphatic heterocycles. The molecule has 136 valence electrons. The van der Waals surface area contributed by atoms with Gasteiger partial charge in [0.2, 0.25) is 5.91 Å². The van der Waals surface area contributed by atoms with E-state index >= 15 is 0 Å². The van der Waals surface area contributed by atoms with Gasteiger partial charge in [-0.25, -0.2) is 0 Å². The van der Waals surface area contributed by atoms with Crippen LogP contribution in [0, 0.1) is 0 Å². The van der Waals surface area contributed by atoms with Crippen LogP contribution in [0.2, 0.25) is 0 Å². The van der Waals surface area contributed by atoms with Crippen LogP contribution in [0.3, 0.4) is 0 Å². The maximum atomic E-state index is 13.0. The highest BCUT2D eigenvalue weighted by atomic mass is 16.5. The zero-order valence-corrected chi connectivity index (χ0v) is 15.2. The number of hydrogen-bond acceptors (Lipinski definition) is 4. The number of anilines is 1. The Morgan fingerprint density at radius 2 is 1.77 bits per heavy atom. The van der Waals surface area contributed by atoms with Crippen LogP contribution in [-0.4, -0.2) is 49.1 Å². The molecule has 0 aliphatic carbocycles. The van der Waals surface area contributed by atoms with Crippen molar-refractivity contribution in [2.75, 3.05) is 31.1 Å². The van der Waals surface area contributed by atoms with E-state index < -0.39 is 0 Å². The van der Waals surface area contributed by atoms with Gasteiger partial charge in [-0.15, -0.1) is 0 Å². The summed E-state index contributed by atoms with van der Waals surface area (Å²) in [6.07, 6.45) is 0. The van der Waals surface area contributed by atoms with Crippen LogP contribution in [0.5, 0.6) is 0 Å². The number of carbonyl (C=O) groups is 2. The minimum atomic E-state index is -0.364. The van der Waals surface area contributed by atoms with Crippen LogP contribution in [0.15, 0.2) is 54.6 Å². The van der Waals surface area contributed by atoms with Crippen LogP contribution < -0.4 is 4.90 Å². The van der Waals surface area contributed by atoms with Crippen molar-refractivity contribution < 1.29 is 14.3 Å². The number of amides is 1. The maximum absolute atomic E-state index is 13.0. The molecule has 0 spiro atoms. The topological polar surface area (TPSA) is 49.9 Å². The van der Waals surface area contributed by atoms with E-state index in [1.54, 1.807) is 6.92 Å². The fraction of sp³-hybridized carbons (Fsp3) is 0.333. The molecule has 1 heterocycles. The fourth-order valence-electron chi connectivity index (χ4n) is 3.31. The van der Waals surface area contributed by atoms with E-state index in [2.05, 4.69) is 0 Å². The molecule has 0 radical (unpaired) electrons. The molecule has 26 heavy (non-hydrogen) atoms. The van der Waals surface area contributed by atoms with E-state index in [0.717, 1.165) is 16.8 Å².